The number of fused-ring (bicyclic) bond motifs is 7. The lowest BCUT2D eigenvalue weighted by Crippen LogP contribution is -2.37. The lowest BCUT2D eigenvalue weighted by Gasteiger charge is -2.16. The maximum atomic E-state index is 9.55. The zero-order valence-corrected chi connectivity index (χ0v) is 30.4. The molecule has 0 spiro atoms. The minimum Gasteiger partial charge on any atom is -0.456 e. The van der Waals surface area contributed by atoms with Gasteiger partial charge < -0.3 is 4.42 Å². The number of aromatic nitrogens is 3. The Kier molecular flexibility index (Phi) is 5.69. The fraction of sp³-hybridized carbons (Fsp3) is 0.0652. The normalized spacial score (nSPS) is 13.8. The van der Waals surface area contributed by atoms with Gasteiger partial charge in [0.05, 0.1) is 16.3 Å². The second-order valence-electron chi connectivity index (χ2n) is 14.0. The summed E-state index contributed by atoms with van der Waals surface area (Å²) in [6.45, 7) is 6.85. The second-order valence-corrected chi connectivity index (χ2v) is 20.1. The van der Waals surface area contributed by atoms with Crippen molar-refractivity contribution in [2.75, 3.05) is 0 Å². The van der Waals surface area contributed by atoms with Gasteiger partial charge in [-0.1, -0.05) is 140 Å². The highest BCUT2D eigenvalue weighted by atomic mass is 32.1. The Labute approximate surface area is 314 Å². The van der Waals surface area contributed by atoms with Gasteiger partial charge in [0.2, 0.25) is 0 Å². The highest BCUT2D eigenvalue weighted by Gasteiger charge is 2.19. The Morgan fingerprint density at radius 1 is 0.519 bits per heavy atom. The summed E-state index contributed by atoms with van der Waals surface area (Å²) >= 11 is 1.56. The van der Waals surface area contributed by atoms with Gasteiger partial charge in [0.15, 0.2) is 17.5 Å². The molecule has 0 amide bonds. The maximum Gasteiger partial charge on any atom is 0.164 e. The van der Waals surface area contributed by atoms with E-state index in [-0.39, 0.29) is 75.1 Å². The van der Waals surface area contributed by atoms with Crippen molar-refractivity contribution >= 4 is 77.5 Å². The highest BCUT2D eigenvalue weighted by Crippen LogP contribution is 2.42. The van der Waals surface area contributed by atoms with Crippen molar-refractivity contribution in [2.24, 2.45) is 0 Å². The molecule has 248 valence electrons. The third-order valence-electron chi connectivity index (χ3n) is 9.58. The molecule has 0 fully saturated rings. The van der Waals surface area contributed by atoms with E-state index in [1.165, 1.54) is 5.19 Å². The van der Waals surface area contributed by atoms with E-state index in [0.29, 0.717) is 17.2 Å². The Morgan fingerprint density at radius 2 is 1.19 bits per heavy atom. The van der Waals surface area contributed by atoms with Gasteiger partial charge in [-0.25, -0.2) is 15.0 Å². The largest absolute Gasteiger partial charge is 0.456 e. The molecule has 0 aliphatic heterocycles. The monoisotopic (exact) mass is 709 g/mol. The molecule has 6 heteroatoms. The van der Waals surface area contributed by atoms with Gasteiger partial charge >= 0.3 is 0 Å². The first-order chi connectivity index (χ1) is 27.9. The molecule has 0 unspecified atom stereocenters. The molecule has 0 saturated heterocycles. The highest BCUT2D eigenvalue weighted by molar-refractivity contribution is 7.26. The van der Waals surface area contributed by atoms with Crippen molar-refractivity contribution in [1.29, 1.82) is 0 Å². The molecule has 0 bridgehead atoms. The van der Waals surface area contributed by atoms with Gasteiger partial charge in [0.25, 0.3) is 0 Å². The van der Waals surface area contributed by atoms with Crippen LogP contribution in [0.1, 0.15) is 8.22 Å². The standard InChI is InChI=1S/C46H33N3OSSi/c1-52(2,3)32-22-18-29(19-23-32)44-47-45(49-46(48-44)38-16-8-11-28-10-4-5-12-33(28)38)31-20-24-35-39-26-30(21-25-40(39)50-41(35)27-31)34-14-9-15-37-36-13-6-7-17-42(36)51-43(34)37/h4-27H,1-3H3/i20D,21D,24D,25D,26D,27D. The van der Waals surface area contributed by atoms with E-state index < -0.39 is 8.07 Å². The fourth-order valence-electron chi connectivity index (χ4n) is 6.86. The van der Waals surface area contributed by atoms with E-state index >= 15 is 0 Å². The van der Waals surface area contributed by atoms with Gasteiger partial charge in [0.1, 0.15) is 11.2 Å². The summed E-state index contributed by atoms with van der Waals surface area (Å²) in [7, 11) is -1.60. The predicted octanol–water partition coefficient (Wildman–Crippen LogP) is 12.5. The van der Waals surface area contributed by atoms with Crippen LogP contribution in [0, 0.1) is 0 Å². The third kappa shape index (κ3) is 5.14. The predicted molar refractivity (Wildman–Crippen MR) is 222 cm³/mol. The smallest absolute Gasteiger partial charge is 0.164 e. The molecular formula is C46H33N3OSSi. The van der Waals surface area contributed by atoms with Crippen molar-refractivity contribution in [3.63, 3.8) is 0 Å². The van der Waals surface area contributed by atoms with Crippen LogP contribution in [0.2, 0.25) is 19.6 Å². The zero-order chi connectivity index (χ0) is 40.2. The Hall–Kier alpha value is -5.95. The number of rotatable bonds is 5. The summed E-state index contributed by atoms with van der Waals surface area (Å²) in [5.41, 5.74) is 2.18. The molecule has 10 rings (SSSR count). The molecule has 0 atom stereocenters. The topological polar surface area (TPSA) is 51.8 Å². The van der Waals surface area contributed by atoms with Gasteiger partial charge in [-0.2, -0.15) is 0 Å². The van der Waals surface area contributed by atoms with Crippen molar-refractivity contribution in [3.8, 4) is 45.3 Å². The lowest BCUT2D eigenvalue weighted by molar-refractivity contribution is 0.669. The maximum absolute atomic E-state index is 9.55. The molecule has 0 N–H and O–H groups in total. The number of hydrogen-bond donors (Lipinski definition) is 0. The van der Waals surface area contributed by atoms with E-state index in [1.807, 2.05) is 97.1 Å². The van der Waals surface area contributed by atoms with Crippen molar-refractivity contribution in [3.05, 3.63) is 145 Å². The number of thiophene rings is 1. The molecule has 10 aromatic rings. The first-order valence-electron chi connectivity index (χ1n) is 20.1. The van der Waals surface area contributed by atoms with E-state index in [9.17, 15) is 5.48 Å². The van der Waals surface area contributed by atoms with Gasteiger partial charge in [-0.15, -0.1) is 11.3 Å². The van der Waals surface area contributed by atoms with Crippen LogP contribution in [0.3, 0.4) is 0 Å². The van der Waals surface area contributed by atoms with Gasteiger partial charge in [-0.3, -0.25) is 0 Å². The van der Waals surface area contributed by atoms with Crippen molar-refractivity contribution in [1.82, 2.24) is 15.0 Å². The Morgan fingerprint density at radius 3 is 2.04 bits per heavy atom. The summed E-state index contributed by atoms with van der Waals surface area (Å²) in [6.07, 6.45) is 0. The third-order valence-corrected chi connectivity index (χ3v) is 12.9. The molecule has 52 heavy (non-hydrogen) atoms. The van der Waals surface area contributed by atoms with E-state index in [2.05, 4.69) is 31.8 Å². The summed E-state index contributed by atoms with van der Waals surface area (Å²) in [5.74, 6) is 0.733. The van der Waals surface area contributed by atoms with Crippen LogP contribution in [-0.2, 0) is 0 Å². The molecule has 4 nitrogen and oxygen atoms in total. The number of benzene rings is 7. The van der Waals surface area contributed by atoms with Crippen molar-refractivity contribution in [2.45, 2.75) is 19.6 Å². The number of nitrogens with zero attached hydrogens (tertiary/aromatic N) is 3. The first-order valence-corrected chi connectivity index (χ1v) is 21.4. The van der Waals surface area contributed by atoms with Crippen LogP contribution < -0.4 is 5.19 Å². The van der Waals surface area contributed by atoms with Crippen LogP contribution in [-0.4, -0.2) is 23.0 Å². The SMILES string of the molecule is [2H]c1c(-c2cccc3c2sc2ccccc23)c([2H])c2c(oc3c([2H])c(-c4nc(-c5ccc([Si](C)(C)C)cc5)nc(-c5cccc6ccccc56)n4)c([2H])c([2H])c32)c1[2H]. The fourth-order valence-corrected chi connectivity index (χ4v) is 9.25. The summed E-state index contributed by atoms with van der Waals surface area (Å²) < 4.78 is 64.4. The molecule has 0 radical (unpaired) electrons. The number of furan rings is 1. The summed E-state index contributed by atoms with van der Waals surface area (Å²) in [5, 5.41) is 5.44. The van der Waals surface area contributed by atoms with Crippen LogP contribution in [0.15, 0.2) is 150 Å². The summed E-state index contributed by atoms with van der Waals surface area (Å²) in [6, 6.07) is 34.4. The molecule has 0 aliphatic rings. The minimum absolute atomic E-state index is 0.0279. The Bertz CT molecular complexity index is 3350. The minimum atomic E-state index is -1.60. The van der Waals surface area contributed by atoms with Crippen molar-refractivity contribution < 1.29 is 12.6 Å². The summed E-state index contributed by atoms with van der Waals surface area (Å²) in [4.78, 5) is 14.7. The lowest BCUT2D eigenvalue weighted by atomic mass is 10.0. The zero-order valence-electron chi connectivity index (χ0n) is 34.6. The van der Waals surface area contributed by atoms with Gasteiger partial charge in [-0.05, 0) is 52.1 Å². The molecule has 0 aliphatic carbocycles. The molecule has 3 aromatic heterocycles. The average molecular weight is 710 g/mol. The molecule has 7 aromatic carbocycles. The second kappa shape index (κ2) is 11.8. The Balaban J connectivity index is 1.23. The van der Waals surface area contributed by atoms with Crippen LogP contribution in [0.25, 0.3) is 98.2 Å². The van der Waals surface area contributed by atoms with E-state index in [0.717, 1.165) is 42.1 Å². The van der Waals surface area contributed by atoms with Crippen LogP contribution in [0.4, 0.5) is 0 Å². The van der Waals surface area contributed by atoms with E-state index in [1.54, 1.807) is 11.3 Å². The molecule has 3 heterocycles. The first kappa shape index (κ1) is 25.1. The quantitative estimate of drug-likeness (QED) is 0.167. The number of hydrogen-bond acceptors (Lipinski definition) is 5. The van der Waals surface area contributed by atoms with E-state index in [4.69, 9.17) is 22.1 Å². The molecule has 0 saturated carbocycles. The van der Waals surface area contributed by atoms with Gasteiger partial charge in [0, 0.05) is 47.6 Å². The van der Waals surface area contributed by atoms with Crippen LogP contribution >= 0.6 is 11.3 Å². The average Bonchev–Trinajstić information content (AvgIpc) is 3.83. The molecular weight excluding hydrogens is 671 g/mol. The van der Waals surface area contributed by atoms with Crippen LogP contribution in [0.5, 0.6) is 0 Å².